The molecule has 1 fully saturated rings. The normalized spacial score (nSPS) is 14.2. The molecule has 0 radical (unpaired) electrons. The van der Waals surface area contributed by atoms with E-state index in [0.717, 1.165) is 5.56 Å². The van der Waals surface area contributed by atoms with E-state index >= 15 is 0 Å². The third kappa shape index (κ3) is 12.9. The molecule has 1 aliphatic rings. The fourth-order valence-corrected chi connectivity index (χ4v) is 3.72. The number of amides is 5. The van der Waals surface area contributed by atoms with Gasteiger partial charge in [-0.2, -0.15) is 0 Å². The molecule has 15 heteroatoms. The van der Waals surface area contributed by atoms with E-state index in [-0.39, 0.29) is 64.6 Å². The Hall–Kier alpha value is -4.37. The number of nitrogens with one attached hydrogen (secondary N) is 3. The molecule has 242 valence electrons. The first-order valence-electron chi connectivity index (χ1n) is 14.2. The number of hydroxylamine groups is 2. The molecule has 0 saturated carbocycles. The number of carbonyl (C=O) groups excluding carboxylic acids is 7. The number of anilines is 1. The Morgan fingerprint density at radius 1 is 0.818 bits per heavy atom. The lowest BCUT2D eigenvalue weighted by Gasteiger charge is -2.24. The van der Waals surface area contributed by atoms with Gasteiger partial charge in [0.05, 0.1) is 32.8 Å². The minimum absolute atomic E-state index is 0.00947. The predicted molar refractivity (Wildman–Crippen MR) is 153 cm³/mol. The Balaban J connectivity index is 1.63. The van der Waals surface area contributed by atoms with Crippen molar-refractivity contribution in [3.05, 3.63) is 29.8 Å². The van der Waals surface area contributed by atoms with Crippen LogP contribution in [0, 0.1) is 5.92 Å². The highest BCUT2D eigenvalue weighted by molar-refractivity contribution is 6.01. The van der Waals surface area contributed by atoms with Crippen molar-refractivity contribution in [2.45, 2.75) is 72.1 Å². The number of imide groups is 1. The summed E-state index contributed by atoms with van der Waals surface area (Å²) in [7, 11) is 0. The molecule has 15 nitrogen and oxygen atoms in total. The van der Waals surface area contributed by atoms with Crippen LogP contribution < -0.4 is 16.0 Å². The molecule has 0 unspecified atom stereocenters. The topological polar surface area (TPSA) is 196 Å². The Morgan fingerprint density at radius 2 is 1.41 bits per heavy atom. The number of hydrogen-bond acceptors (Lipinski definition) is 11. The van der Waals surface area contributed by atoms with E-state index in [1.807, 2.05) is 0 Å². The number of benzene rings is 1. The number of carbonyl (C=O) groups is 7. The largest absolute Gasteiger partial charge is 0.461 e. The summed E-state index contributed by atoms with van der Waals surface area (Å²) in [5, 5.41) is 8.45. The summed E-state index contributed by atoms with van der Waals surface area (Å²) in [4.78, 5) is 88.1. The molecule has 1 aromatic carbocycles. The van der Waals surface area contributed by atoms with Gasteiger partial charge in [-0.15, -0.1) is 5.06 Å². The maximum atomic E-state index is 12.8. The fraction of sp³-hybridized carbons (Fsp3) is 0.552. The molecule has 2 rings (SSSR count). The summed E-state index contributed by atoms with van der Waals surface area (Å²) in [6, 6.07) is 4.93. The van der Waals surface area contributed by atoms with Crippen molar-refractivity contribution in [1.82, 2.24) is 15.7 Å². The lowest BCUT2D eigenvalue weighted by molar-refractivity contribution is -0.198. The van der Waals surface area contributed by atoms with Crippen molar-refractivity contribution in [2.75, 3.05) is 31.7 Å². The third-order valence-corrected chi connectivity index (χ3v) is 6.18. The van der Waals surface area contributed by atoms with Crippen molar-refractivity contribution >= 4 is 47.2 Å². The van der Waals surface area contributed by atoms with Crippen molar-refractivity contribution in [2.24, 2.45) is 5.92 Å². The highest BCUT2D eigenvalue weighted by Gasteiger charge is 2.32. The van der Waals surface area contributed by atoms with Gasteiger partial charge in [-0.1, -0.05) is 26.0 Å². The zero-order chi connectivity index (χ0) is 32.6. The average Bonchev–Trinajstić information content (AvgIpc) is 3.28. The Labute approximate surface area is 255 Å². The zero-order valence-electron chi connectivity index (χ0n) is 25.3. The fourth-order valence-electron chi connectivity index (χ4n) is 3.72. The average molecular weight is 621 g/mol. The van der Waals surface area contributed by atoms with Gasteiger partial charge >= 0.3 is 11.9 Å². The maximum absolute atomic E-state index is 12.8. The Morgan fingerprint density at radius 3 is 1.98 bits per heavy atom. The summed E-state index contributed by atoms with van der Waals surface area (Å²) in [6.45, 7) is 6.80. The van der Waals surface area contributed by atoms with E-state index < -0.39 is 53.6 Å². The standard InChI is InChI=1S/C29H40N4O11/c1-18(2)27(29(40)30-19(3)28(39)31-22-7-5-21(6-8-22)17-43-20(4)34)32-23(35)11-13-41-15-16-42-14-12-26(38)44-33-24(36)9-10-25(33)37/h5-8,18-19,27H,9-17H2,1-4H3,(H,30,40)(H,31,39)(H,32,35)/t19-,27-/m0/s1. The molecular formula is C29H40N4O11. The minimum atomic E-state index is -0.892. The number of nitrogens with zero attached hydrogens (tertiary/aromatic N) is 1. The van der Waals surface area contributed by atoms with Crippen LogP contribution in [-0.4, -0.2) is 85.0 Å². The van der Waals surface area contributed by atoms with Crippen LogP contribution in [-0.2, 0) is 59.2 Å². The lowest BCUT2D eigenvalue weighted by Crippen LogP contribution is -2.53. The number of ether oxygens (including phenoxy) is 3. The first kappa shape index (κ1) is 35.8. The Kier molecular flexibility index (Phi) is 14.9. The van der Waals surface area contributed by atoms with Gasteiger partial charge in [-0.3, -0.25) is 28.8 Å². The highest BCUT2D eigenvalue weighted by Crippen LogP contribution is 2.13. The van der Waals surface area contributed by atoms with E-state index in [1.165, 1.54) is 13.8 Å². The van der Waals surface area contributed by atoms with Gasteiger partial charge in [0.2, 0.25) is 17.7 Å². The van der Waals surface area contributed by atoms with Gasteiger partial charge in [0.1, 0.15) is 18.7 Å². The Bertz CT molecular complexity index is 1170. The molecule has 44 heavy (non-hydrogen) atoms. The first-order valence-corrected chi connectivity index (χ1v) is 14.2. The third-order valence-electron chi connectivity index (χ3n) is 6.18. The van der Waals surface area contributed by atoms with Crippen LogP contribution in [0.5, 0.6) is 0 Å². The molecule has 1 aromatic rings. The second kappa shape index (κ2) is 18.3. The predicted octanol–water partition coefficient (Wildman–Crippen LogP) is 0.754. The van der Waals surface area contributed by atoms with E-state index in [0.29, 0.717) is 10.8 Å². The molecule has 5 amide bonds. The summed E-state index contributed by atoms with van der Waals surface area (Å²) < 4.78 is 15.5. The molecule has 1 saturated heterocycles. The molecule has 1 aliphatic heterocycles. The van der Waals surface area contributed by atoms with E-state index in [9.17, 15) is 33.6 Å². The number of rotatable bonds is 18. The smallest absolute Gasteiger partial charge is 0.335 e. The molecule has 3 N–H and O–H groups in total. The summed E-state index contributed by atoms with van der Waals surface area (Å²) in [5.74, 6) is -3.93. The van der Waals surface area contributed by atoms with Crippen LogP contribution in [0.25, 0.3) is 0 Å². The van der Waals surface area contributed by atoms with Gasteiger partial charge in [-0.05, 0) is 30.5 Å². The summed E-state index contributed by atoms with van der Waals surface area (Å²) in [5.41, 5.74) is 1.25. The maximum Gasteiger partial charge on any atom is 0.335 e. The minimum Gasteiger partial charge on any atom is -0.461 e. The molecule has 1 heterocycles. The van der Waals surface area contributed by atoms with Gasteiger partial charge in [-0.25, -0.2) is 4.79 Å². The molecular weight excluding hydrogens is 580 g/mol. The molecule has 0 spiro atoms. The first-order chi connectivity index (χ1) is 20.9. The molecule has 0 bridgehead atoms. The van der Waals surface area contributed by atoms with Crippen molar-refractivity contribution in [3.63, 3.8) is 0 Å². The monoisotopic (exact) mass is 620 g/mol. The van der Waals surface area contributed by atoms with Crippen LogP contribution in [0.15, 0.2) is 24.3 Å². The SMILES string of the molecule is CC(=O)OCc1ccc(NC(=O)[C@H](C)NC(=O)[C@@H](NC(=O)CCOCCOCCC(=O)ON2C(=O)CCC2=O)C(C)C)cc1. The lowest BCUT2D eigenvalue weighted by atomic mass is 10.0. The summed E-state index contributed by atoms with van der Waals surface area (Å²) >= 11 is 0. The molecule has 0 aliphatic carbocycles. The van der Waals surface area contributed by atoms with Gasteiger partial charge < -0.3 is 35.0 Å². The van der Waals surface area contributed by atoms with Crippen LogP contribution in [0.4, 0.5) is 5.69 Å². The van der Waals surface area contributed by atoms with Crippen LogP contribution >= 0.6 is 0 Å². The van der Waals surface area contributed by atoms with Gasteiger partial charge in [0, 0.05) is 31.9 Å². The quantitative estimate of drug-likeness (QED) is 0.119. The van der Waals surface area contributed by atoms with Gasteiger partial charge in [0.25, 0.3) is 11.8 Å². The van der Waals surface area contributed by atoms with Crippen LogP contribution in [0.1, 0.15) is 58.9 Å². The number of esters is 1. The van der Waals surface area contributed by atoms with Crippen LogP contribution in [0.3, 0.4) is 0 Å². The van der Waals surface area contributed by atoms with E-state index in [1.54, 1.807) is 38.1 Å². The zero-order valence-corrected chi connectivity index (χ0v) is 25.3. The van der Waals surface area contributed by atoms with E-state index in [2.05, 4.69) is 16.0 Å². The second-order valence-corrected chi connectivity index (χ2v) is 10.3. The highest BCUT2D eigenvalue weighted by atomic mass is 16.7. The van der Waals surface area contributed by atoms with Crippen LogP contribution in [0.2, 0.25) is 0 Å². The molecule has 2 atom stereocenters. The number of hydrogen-bond donors (Lipinski definition) is 3. The second-order valence-electron chi connectivity index (χ2n) is 10.3. The summed E-state index contributed by atoms with van der Waals surface area (Å²) in [6.07, 6.45) is -0.156. The molecule has 0 aromatic heterocycles. The van der Waals surface area contributed by atoms with Crippen molar-refractivity contribution < 1.29 is 52.6 Å². The van der Waals surface area contributed by atoms with Crippen molar-refractivity contribution in [1.29, 1.82) is 0 Å². The van der Waals surface area contributed by atoms with Gasteiger partial charge in [0.15, 0.2) is 0 Å². The van der Waals surface area contributed by atoms with Crippen molar-refractivity contribution in [3.8, 4) is 0 Å². The van der Waals surface area contributed by atoms with E-state index in [4.69, 9.17) is 19.0 Å².